The van der Waals surface area contributed by atoms with Crippen LogP contribution in [0.25, 0.3) is 0 Å². The Labute approximate surface area is 344 Å². The third-order valence-electron chi connectivity index (χ3n) is 9.79. The van der Waals surface area contributed by atoms with Crippen LogP contribution in [0.15, 0.2) is 60.8 Å². The molecule has 0 saturated carbocycles. The molecule has 0 fully saturated rings. The summed E-state index contributed by atoms with van der Waals surface area (Å²) in [6.45, 7) is 4.07. The minimum atomic E-state index is -4.36. The molecule has 3 unspecified atom stereocenters. The zero-order valence-corrected chi connectivity index (χ0v) is 37.0. The van der Waals surface area contributed by atoms with Crippen LogP contribution in [-0.2, 0) is 18.4 Å². The van der Waals surface area contributed by atoms with E-state index in [-0.39, 0.29) is 25.7 Å². The van der Waals surface area contributed by atoms with Crippen LogP contribution in [0.5, 0.6) is 0 Å². The van der Waals surface area contributed by atoms with E-state index in [2.05, 4.69) is 67.8 Å². The number of phosphoric ester groups is 1. The highest BCUT2D eigenvalue weighted by Gasteiger charge is 2.26. The minimum absolute atomic E-state index is 0.0682. The monoisotopic (exact) mass is 807 g/mol. The zero-order chi connectivity index (χ0) is 41.1. The Bertz CT molecular complexity index is 1060. The summed E-state index contributed by atoms with van der Waals surface area (Å²) < 4.78 is 22.1. The molecule has 3 atom stereocenters. The van der Waals surface area contributed by atoms with Gasteiger partial charge in [0.1, 0.15) is 0 Å². The van der Waals surface area contributed by atoms with Crippen molar-refractivity contribution in [1.29, 1.82) is 0 Å². The third kappa shape index (κ3) is 40.4. The van der Waals surface area contributed by atoms with Gasteiger partial charge in [-0.05, 0) is 77.0 Å². The molecule has 0 aliphatic rings. The fraction of sp³-hybridized carbons (Fsp3) is 0.766. The van der Waals surface area contributed by atoms with Crippen molar-refractivity contribution in [2.75, 3.05) is 19.8 Å². The van der Waals surface area contributed by atoms with Gasteiger partial charge in [-0.25, -0.2) is 4.57 Å². The maximum Gasteiger partial charge on any atom is 0.472 e. The van der Waals surface area contributed by atoms with Crippen LogP contribution in [-0.4, -0.2) is 47.8 Å². The number of rotatable bonds is 42. The van der Waals surface area contributed by atoms with Gasteiger partial charge in [0.15, 0.2) is 0 Å². The lowest BCUT2D eigenvalue weighted by molar-refractivity contribution is -0.123. The number of nitrogens with one attached hydrogen (secondary N) is 1. The molecule has 56 heavy (non-hydrogen) atoms. The van der Waals surface area contributed by atoms with Gasteiger partial charge in [-0.1, -0.05) is 177 Å². The number of amides is 1. The molecule has 0 aromatic carbocycles. The average Bonchev–Trinajstić information content (AvgIpc) is 3.19. The highest BCUT2D eigenvalue weighted by molar-refractivity contribution is 7.47. The smallest absolute Gasteiger partial charge is 0.387 e. The lowest BCUT2D eigenvalue weighted by Crippen LogP contribution is -2.45. The van der Waals surface area contributed by atoms with E-state index in [1.54, 1.807) is 6.08 Å². The van der Waals surface area contributed by atoms with Gasteiger partial charge >= 0.3 is 7.82 Å². The topological polar surface area (TPSA) is 131 Å². The van der Waals surface area contributed by atoms with E-state index >= 15 is 0 Å². The molecule has 0 bridgehead atoms. The van der Waals surface area contributed by atoms with Gasteiger partial charge in [-0.15, -0.1) is 0 Å². The summed E-state index contributed by atoms with van der Waals surface area (Å²) in [4.78, 5) is 22.7. The molecule has 0 aliphatic carbocycles. The minimum Gasteiger partial charge on any atom is -0.387 e. The van der Waals surface area contributed by atoms with Gasteiger partial charge in [-0.3, -0.25) is 13.8 Å². The van der Waals surface area contributed by atoms with Gasteiger partial charge in [0.25, 0.3) is 0 Å². The van der Waals surface area contributed by atoms with Crippen molar-refractivity contribution in [3.8, 4) is 0 Å². The van der Waals surface area contributed by atoms with Crippen molar-refractivity contribution in [3.63, 3.8) is 0 Å². The number of carbonyl (C=O) groups excluding carboxylic acids is 1. The van der Waals surface area contributed by atoms with Crippen LogP contribution in [0.4, 0.5) is 0 Å². The zero-order valence-electron chi connectivity index (χ0n) is 36.1. The number of hydrogen-bond acceptors (Lipinski definition) is 6. The Kier molecular flexibility index (Phi) is 41.4. The second-order valence-corrected chi connectivity index (χ2v) is 16.7. The van der Waals surface area contributed by atoms with Crippen molar-refractivity contribution in [2.24, 2.45) is 5.73 Å². The van der Waals surface area contributed by atoms with Gasteiger partial charge < -0.3 is 21.1 Å². The van der Waals surface area contributed by atoms with Crippen molar-refractivity contribution < 1.29 is 28.4 Å². The molecule has 0 heterocycles. The largest absolute Gasteiger partial charge is 0.472 e. The van der Waals surface area contributed by atoms with Crippen LogP contribution in [0.1, 0.15) is 200 Å². The normalized spacial score (nSPS) is 14.6. The van der Waals surface area contributed by atoms with E-state index in [0.717, 1.165) is 64.2 Å². The number of unbranched alkanes of at least 4 members (excludes halogenated alkanes) is 22. The number of aliphatic hydroxyl groups is 1. The van der Waals surface area contributed by atoms with Gasteiger partial charge in [0.2, 0.25) is 5.91 Å². The predicted octanol–water partition coefficient (Wildman–Crippen LogP) is 13.1. The van der Waals surface area contributed by atoms with Crippen molar-refractivity contribution in [1.82, 2.24) is 5.32 Å². The van der Waals surface area contributed by atoms with Gasteiger partial charge in [-0.2, -0.15) is 0 Å². The van der Waals surface area contributed by atoms with E-state index in [1.165, 1.54) is 116 Å². The lowest BCUT2D eigenvalue weighted by atomic mass is 10.1. The van der Waals surface area contributed by atoms with Gasteiger partial charge in [0.05, 0.1) is 25.4 Å². The van der Waals surface area contributed by atoms with Crippen LogP contribution in [0, 0.1) is 0 Å². The van der Waals surface area contributed by atoms with Crippen LogP contribution >= 0.6 is 7.82 Å². The second-order valence-electron chi connectivity index (χ2n) is 15.2. The van der Waals surface area contributed by atoms with E-state index in [9.17, 15) is 19.4 Å². The molecule has 0 rings (SSSR count). The summed E-state index contributed by atoms with van der Waals surface area (Å²) in [5, 5.41) is 13.7. The molecule has 0 aromatic rings. The Morgan fingerprint density at radius 2 is 1.00 bits per heavy atom. The molecule has 326 valence electrons. The summed E-state index contributed by atoms with van der Waals surface area (Å²) in [5.41, 5.74) is 5.37. The molecular weight excluding hydrogens is 719 g/mol. The first kappa shape index (κ1) is 54.2. The van der Waals surface area contributed by atoms with Crippen molar-refractivity contribution >= 4 is 13.7 Å². The van der Waals surface area contributed by atoms with E-state index in [4.69, 9.17) is 14.8 Å². The lowest BCUT2D eigenvalue weighted by Gasteiger charge is -2.23. The summed E-state index contributed by atoms with van der Waals surface area (Å²) in [6, 6.07) is -0.890. The number of hydrogen-bond donors (Lipinski definition) is 4. The number of phosphoric acid groups is 1. The Morgan fingerprint density at radius 3 is 1.52 bits per heavy atom. The maximum absolute atomic E-state index is 12.8. The second kappa shape index (κ2) is 42.8. The summed E-state index contributed by atoms with van der Waals surface area (Å²) in [5.74, 6) is -0.218. The predicted molar refractivity (Wildman–Crippen MR) is 240 cm³/mol. The Balaban J connectivity index is 4.29. The molecule has 8 nitrogen and oxygen atoms in total. The van der Waals surface area contributed by atoms with E-state index in [1.807, 2.05) is 6.08 Å². The molecule has 0 radical (unpaired) electrons. The summed E-state index contributed by atoms with van der Waals surface area (Å²) in [6.07, 6.45) is 54.2. The molecule has 0 saturated heterocycles. The van der Waals surface area contributed by atoms with Gasteiger partial charge in [0, 0.05) is 13.0 Å². The number of aliphatic hydroxyl groups excluding tert-OH is 1. The number of carbonyl (C=O) groups is 1. The quantitative estimate of drug-likeness (QED) is 0.0274. The molecular formula is C47H87N2O6P. The molecule has 1 amide bonds. The Hall–Kier alpha value is -1.80. The fourth-order valence-electron chi connectivity index (χ4n) is 6.31. The molecule has 0 spiro atoms. The standard InChI is InChI=1S/C47H87N2O6P/c1-3-5-7-9-11-13-15-17-19-21-22-23-25-26-28-30-32-34-36-38-40-46(50)45(44-55-56(52,53)54-43-42-48)49-47(51)41-39-37-35-33-31-29-27-24-20-18-16-14-12-10-8-6-4-2/h12,14,18,20,23,25,30,32,38,40,45-46,50H,3-11,13,15-17,19,21-22,24,26-29,31,33-37,39,41-44,48H2,1-2H3,(H,49,51)(H,52,53)/b14-12-,20-18-,25-23+,32-30+,40-38+. The molecule has 0 aromatic heterocycles. The van der Waals surface area contributed by atoms with Crippen LogP contribution in [0.2, 0.25) is 0 Å². The SMILES string of the molecule is CCCCC/C=C\C/C=C\CCCCCCCCCC(=O)NC(COP(=O)(O)OCCN)C(O)/C=C/CC/C=C/CC/C=C/CCCCCCCCCCCC. The van der Waals surface area contributed by atoms with Crippen LogP contribution < -0.4 is 11.1 Å². The summed E-state index contributed by atoms with van der Waals surface area (Å²) in [7, 11) is -4.36. The first-order valence-corrected chi connectivity index (χ1v) is 24.4. The van der Waals surface area contributed by atoms with Crippen molar-refractivity contribution in [3.05, 3.63) is 60.8 Å². The number of allylic oxidation sites excluding steroid dienone is 9. The Morgan fingerprint density at radius 1 is 0.589 bits per heavy atom. The molecule has 5 N–H and O–H groups in total. The van der Waals surface area contributed by atoms with Crippen LogP contribution in [0.3, 0.4) is 0 Å². The fourth-order valence-corrected chi connectivity index (χ4v) is 7.07. The number of nitrogens with two attached hydrogens (primary N) is 1. The summed E-state index contributed by atoms with van der Waals surface area (Å²) >= 11 is 0. The maximum atomic E-state index is 12.8. The molecule has 0 aliphatic heterocycles. The highest BCUT2D eigenvalue weighted by atomic mass is 31.2. The third-order valence-corrected chi connectivity index (χ3v) is 10.8. The van der Waals surface area contributed by atoms with E-state index < -0.39 is 20.0 Å². The van der Waals surface area contributed by atoms with E-state index in [0.29, 0.717) is 6.42 Å². The highest BCUT2D eigenvalue weighted by Crippen LogP contribution is 2.43. The average molecular weight is 807 g/mol. The van der Waals surface area contributed by atoms with Crippen molar-refractivity contribution in [2.45, 2.75) is 212 Å². The molecule has 9 heteroatoms. The first-order chi connectivity index (χ1) is 27.4. The first-order valence-electron chi connectivity index (χ1n) is 22.9.